The molecule has 3 nitrogen and oxygen atoms in total. The van der Waals surface area contributed by atoms with Crippen molar-refractivity contribution in [2.24, 2.45) is 0 Å². The molecule has 0 atom stereocenters. The molecule has 0 saturated heterocycles. The van der Waals surface area contributed by atoms with Crippen LogP contribution < -0.4 is 0 Å². The van der Waals surface area contributed by atoms with E-state index in [0.29, 0.717) is 0 Å². The number of hydrogen-bond donors (Lipinski definition) is 2. The van der Waals surface area contributed by atoms with Crippen LogP contribution >= 0.6 is 0 Å². The molecule has 6 heteroatoms. The average molecular weight is 174 g/mol. The molecule has 68 valence electrons. The van der Waals surface area contributed by atoms with Gasteiger partial charge in [-0.1, -0.05) is 6.92 Å². The van der Waals surface area contributed by atoms with Gasteiger partial charge in [0.1, 0.15) is 0 Å². The second-order valence-electron chi connectivity index (χ2n) is 1.65. The zero-order valence-electron chi connectivity index (χ0n) is 5.85. The molecule has 2 N–H and O–H groups in total. The highest BCUT2D eigenvalue weighted by atomic mass is 19.4. The summed E-state index contributed by atoms with van der Waals surface area (Å²) in [6.45, 7) is 1.51. The van der Waals surface area contributed by atoms with Crippen molar-refractivity contribution in [3.05, 3.63) is 0 Å². The lowest BCUT2D eigenvalue weighted by atomic mass is 10.3. The Labute approximate surface area is 61.5 Å². The third-order valence-electron chi connectivity index (χ3n) is 0.533. The number of carbonyl (C=O) groups is 1. The van der Waals surface area contributed by atoms with E-state index in [1.54, 1.807) is 0 Å². The Bertz CT molecular complexity index is 106. The van der Waals surface area contributed by atoms with E-state index in [1.165, 1.54) is 6.92 Å². The first kappa shape index (κ1) is 12.7. The SMILES string of the molecule is CCCC(F)(F)F.O=C(O)O. The standard InChI is InChI=1S/C4H7F3.CH2O3/c1-2-3-4(5,6)7;2-1(3)4/h2-3H2,1H3;(H2,2,3,4). The minimum atomic E-state index is -3.95. The third-order valence-corrected chi connectivity index (χ3v) is 0.533. The molecule has 0 aliphatic rings. The summed E-state index contributed by atoms with van der Waals surface area (Å²) in [5, 5.41) is 13.9. The zero-order chi connectivity index (χ0) is 9.49. The summed E-state index contributed by atoms with van der Waals surface area (Å²) in [4.78, 5) is 8.56. The van der Waals surface area contributed by atoms with Gasteiger partial charge in [-0.2, -0.15) is 13.2 Å². The fourth-order valence-electron chi connectivity index (χ4n) is 0.283. The number of halogens is 3. The molecule has 0 aromatic rings. The van der Waals surface area contributed by atoms with Crippen LogP contribution in [0.1, 0.15) is 19.8 Å². The molecule has 0 heterocycles. The van der Waals surface area contributed by atoms with Gasteiger partial charge >= 0.3 is 12.3 Å². The quantitative estimate of drug-likeness (QED) is 0.642. The van der Waals surface area contributed by atoms with E-state index in [9.17, 15) is 13.2 Å². The highest BCUT2D eigenvalue weighted by Gasteiger charge is 2.24. The minimum absolute atomic E-state index is 0.184. The Balaban J connectivity index is 0. The summed E-state index contributed by atoms with van der Waals surface area (Å²) in [6.07, 6.45) is -6.26. The predicted octanol–water partition coefficient (Wildman–Crippen LogP) is 2.57. The molecule has 0 bridgehead atoms. The van der Waals surface area contributed by atoms with E-state index in [-0.39, 0.29) is 6.42 Å². The molecule has 0 aliphatic heterocycles. The first-order valence-corrected chi connectivity index (χ1v) is 2.78. The lowest BCUT2D eigenvalue weighted by molar-refractivity contribution is -0.134. The summed E-state index contributed by atoms with van der Waals surface area (Å²) in [7, 11) is 0. The largest absolute Gasteiger partial charge is 0.503 e. The fourth-order valence-corrected chi connectivity index (χ4v) is 0.283. The second-order valence-corrected chi connectivity index (χ2v) is 1.65. The third kappa shape index (κ3) is 48.2. The van der Waals surface area contributed by atoms with E-state index in [4.69, 9.17) is 15.0 Å². The van der Waals surface area contributed by atoms with Crippen molar-refractivity contribution in [3.8, 4) is 0 Å². The Morgan fingerprint density at radius 1 is 1.36 bits per heavy atom. The van der Waals surface area contributed by atoms with E-state index >= 15 is 0 Å². The molecule has 11 heavy (non-hydrogen) atoms. The topological polar surface area (TPSA) is 57.5 Å². The number of rotatable bonds is 1. The Morgan fingerprint density at radius 3 is 1.64 bits per heavy atom. The zero-order valence-corrected chi connectivity index (χ0v) is 5.85. The highest BCUT2D eigenvalue weighted by Crippen LogP contribution is 2.20. The van der Waals surface area contributed by atoms with Gasteiger partial charge in [-0.05, 0) is 6.42 Å². The van der Waals surface area contributed by atoms with Crippen LogP contribution in [0.3, 0.4) is 0 Å². The van der Waals surface area contributed by atoms with E-state index in [1.807, 2.05) is 0 Å². The van der Waals surface area contributed by atoms with Crippen molar-refractivity contribution in [1.82, 2.24) is 0 Å². The predicted molar refractivity (Wildman–Crippen MR) is 31.6 cm³/mol. The molecule has 0 amide bonds. The molecular formula is C5H9F3O3. The summed E-state index contributed by atoms with van der Waals surface area (Å²) in [5.74, 6) is 0. The van der Waals surface area contributed by atoms with Gasteiger partial charge in [0.2, 0.25) is 0 Å². The molecule has 0 aromatic heterocycles. The van der Waals surface area contributed by atoms with Gasteiger partial charge in [0.05, 0.1) is 0 Å². The molecule has 0 spiro atoms. The molecule has 0 rings (SSSR count). The summed E-state index contributed by atoms with van der Waals surface area (Å²) < 4.78 is 33.2. The lowest BCUT2D eigenvalue weighted by Gasteiger charge is -2.00. The first-order valence-electron chi connectivity index (χ1n) is 2.78. The lowest BCUT2D eigenvalue weighted by Crippen LogP contribution is -2.04. The summed E-state index contributed by atoms with van der Waals surface area (Å²) in [6, 6.07) is 0. The van der Waals surface area contributed by atoms with Gasteiger partial charge in [-0.3, -0.25) is 0 Å². The van der Waals surface area contributed by atoms with Crippen molar-refractivity contribution in [2.45, 2.75) is 25.9 Å². The van der Waals surface area contributed by atoms with Crippen LogP contribution in [0.5, 0.6) is 0 Å². The molecular weight excluding hydrogens is 165 g/mol. The van der Waals surface area contributed by atoms with Gasteiger partial charge in [-0.25, -0.2) is 4.79 Å². The van der Waals surface area contributed by atoms with Crippen LogP contribution in [-0.4, -0.2) is 22.5 Å². The van der Waals surface area contributed by atoms with Crippen molar-refractivity contribution in [1.29, 1.82) is 0 Å². The molecule has 0 unspecified atom stereocenters. The van der Waals surface area contributed by atoms with Crippen LogP contribution in [0.2, 0.25) is 0 Å². The van der Waals surface area contributed by atoms with E-state index in [0.717, 1.165) is 0 Å². The Morgan fingerprint density at radius 2 is 1.64 bits per heavy atom. The van der Waals surface area contributed by atoms with Gasteiger partial charge in [-0.15, -0.1) is 0 Å². The maximum atomic E-state index is 11.1. The van der Waals surface area contributed by atoms with Crippen LogP contribution in [-0.2, 0) is 0 Å². The van der Waals surface area contributed by atoms with Gasteiger partial charge in [0, 0.05) is 6.42 Å². The maximum Gasteiger partial charge on any atom is 0.503 e. The van der Waals surface area contributed by atoms with Crippen LogP contribution in [0.15, 0.2) is 0 Å². The molecule has 0 radical (unpaired) electrons. The molecule has 0 fully saturated rings. The van der Waals surface area contributed by atoms with Crippen molar-refractivity contribution >= 4 is 6.16 Å². The molecule has 0 saturated carbocycles. The normalized spacial score (nSPS) is 9.82. The van der Waals surface area contributed by atoms with Gasteiger partial charge in [0.15, 0.2) is 0 Å². The van der Waals surface area contributed by atoms with Gasteiger partial charge < -0.3 is 10.2 Å². The second kappa shape index (κ2) is 5.82. The Hall–Kier alpha value is -0.940. The smallest absolute Gasteiger partial charge is 0.450 e. The summed E-state index contributed by atoms with van der Waals surface area (Å²) >= 11 is 0. The Kier molecular flexibility index (Phi) is 6.72. The highest BCUT2D eigenvalue weighted by molar-refractivity contribution is 5.53. The van der Waals surface area contributed by atoms with Crippen LogP contribution in [0.25, 0.3) is 0 Å². The van der Waals surface area contributed by atoms with E-state index < -0.39 is 18.8 Å². The van der Waals surface area contributed by atoms with Gasteiger partial charge in [0.25, 0.3) is 0 Å². The van der Waals surface area contributed by atoms with Crippen molar-refractivity contribution in [2.75, 3.05) is 0 Å². The van der Waals surface area contributed by atoms with E-state index in [2.05, 4.69) is 0 Å². The average Bonchev–Trinajstić information content (AvgIpc) is 1.58. The number of hydrogen-bond acceptors (Lipinski definition) is 1. The monoisotopic (exact) mass is 174 g/mol. The number of alkyl halides is 3. The summed E-state index contributed by atoms with van der Waals surface area (Å²) in [5.41, 5.74) is 0. The maximum absolute atomic E-state index is 11.1. The van der Waals surface area contributed by atoms with Crippen molar-refractivity contribution < 1.29 is 28.2 Å². The molecule has 0 aromatic carbocycles. The van der Waals surface area contributed by atoms with Crippen LogP contribution in [0.4, 0.5) is 18.0 Å². The van der Waals surface area contributed by atoms with Crippen molar-refractivity contribution in [3.63, 3.8) is 0 Å². The fraction of sp³-hybridized carbons (Fsp3) is 0.800. The first-order chi connectivity index (χ1) is 4.79. The number of carboxylic acid groups (broad SMARTS) is 2. The van der Waals surface area contributed by atoms with Crippen LogP contribution in [0, 0.1) is 0 Å². The minimum Gasteiger partial charge on any atom is -0.450 e. The molecule has 0 aliphatic carbocycles.